The maximum absolute atomic E-state index is 2.56. The molecule has 1 aliphatic rings. The minimum atomic E-state index is 1.03. The van der Waals surface area contributed by atoms with Crippen molar-refractivity contribution in [2.45, 2.75) is 45.4 Å². The second kappa shape index (κ2) is 10.9. The first-order valence-electron chi connectivity index (χ1n) is 16.0. The highest BCUT2D eigenvalue weighted by Gasteiger charge is 2.24. The fourth-order valence-corrected chi connectivity index (χ4v) is 7.50. The highest BCUT2D eigenvalue weighted by Crippen LogP contribution is 2.47. The summed E-state index contributed by atoms with van der Waals surface area (Å²) in [5.41, 5.74) is 9.97. The Morgan fingerprint density at radius 3 is 1.47 bits per heavy atom. The summed E-state index contributed by atoms with van der Waals surface area (Å²) >= 11 is 0. The molecule has 0 aliphatic heterocycles. The van der Waals surface area contributed by atoms with Gasteiger partial charge in [0.15, 0.2) is 0 Å². The van der Waals surface area contributed by atoms with Crippen LogP contribution in [0.25, 0.3) is 71.4 Å². The highest BCUT2D eigenvalue weighted by atomic mass is 14.3. The predicted octanol–water partition coefficient (Wildman–Crippen LogP) is 12.5. The zero-order valence-corrected chi connectivity index (χ0v) is 24.9. The van der Waals surface area contributed by atoms with Gasteiger partial charge >= 0.3 is 0 Å². The van der Waals surface area contributed by atoms with E-state index < -0.39 is 0 Å². The third kappa shape index (κ3) is 4.45. The summed E-state index contributed by atoms with van der Waals surface area (Å²) in [5.74, 6) is 0. The summed E-state index contributed by atoms with van der Waals surface area (Å²) < 4.78 is 0. The summed E-state index contributed by atoms with van der Waals surface area (Å²) in [6, 6.07) is 45.2. The molecule has 0 unspecified atom stereocenters. The van der Waals surface area contributed by atoms with E-state index in [0.29, 0.717) is 0 Å². The molecule has 208 valence electrons. The van der Waals surface area contributed by atoms with Crippen LogP contribution in [0.1, 0.15) is 50.2 Å². The number of allylic oxidation sites excluding steroid dienone is 1. The molecule has 0 spiro atoms. The van der Waals surface area contributed by atoms with Gasteiger partial charge in [-0.2, -0.15) is 0 Å². The number of rotatable bonds is 7. The van der Waals surface area contributed by atoms with Gasteiger partial charge in [-0.25, -0.2) is 0 Å². The molecule has 0 atom stereocenters. The smallest absolute Gasteiger partial charge is 0.00207 e. The van der Waals surface area contributed by atoms with Crippen molar-refractivity contribution in [1.82, 2.24) is 0 Å². The van der Waals surface area contributed by atoms with E-state index in [0.717, 1.165) is 6.42 Å². The Bertz CT molecular complexity index is 2090. The van der Waals surface area contributed by atoms with Crippen LogP contribution in [0.4, 0.5) is 0 Å². The molecule has 1 aliphatic carbocycles. The van der Waals surface area contributed by atoms with Gasteiger partial charge < -0.3 is 0 Å². The second-order valence-corrected chi connectivity index (χ2v) is 12.2. The maximum atomic E-state index is 2.56. The lowest BCUT2D eigenvalue weighted by Gasteiger charge is -2.19. The van der Waals surface area contributed by atoms with E-state index in [2.05, 4.69) is 134 Å². The van der Waals surface area contributed by atoms with E-state index in [9.17, 15) is 0 Å². The molecule has 0 heterocycles. The summed E-state index contributed by atoms with van der Waals surface area (Å²) in [6.07, 6.45) is 9.95. The van der Waals surface area contributed by atoms with E-state index in [1.165, 1.54) is 109 Å². The van der Waals surface area contributed by atoms with Crippen molar-refractivity contribution in [3.05, 3.63) is 138 Å². The van der Waals surface area contributed by atoms with E-state index in [-0.39, 0.29) is 0 Å². The van der Waals surface area contributed by atoms with Gasteiger partial charge in [0.05, 0.1) is 0 Å². The van der Waals surface area contributed by atoms with E-state index in [1.54, 1.807) is 5.57 Å². The Morgan fingerprint density at radius 2 is 0.953 bits per heavy atom. The van der Waals surface area contributed by atoms with Crippen LogP contribution < -0.4 is 0 Å². The molecule has 8 rings (SSSR count). The minimum Gasteiger partial charge on any atom is -0.0654 e. The SMILES string of the molecule is CCCCCCC1=Cc2c(-c3c4ccccc4cc4ccccc34)ccc(-c3c4ccccc4cc4ccccc34)c2C1. The first-order valence-corrected chi connectivity index (χ1v) is 16.0. The molecule has 0 radical (unpaired) electrons. The lowest BCUT2D eigenvalue weighted by atomic mass is 9.84. The molecule has 0 fully saturated rings. The van der Waals surface area contributed by atoms with Crippen LogP contribution in [0, 0.1) is 0 Å². The van der Waals surface area contributed by atoms with Crippen LogP contribution in [0.2, 0.25) is 0 Å². The van der Waals surface area contributed by atoms with Crippen LogP contribution in [-0.4, -0.2) is 0 Å². The van der Waals surface area contributed by atoms with E-state index >= 15 is 0 Å². The van der Waals surface area contributed by atoms with Gasteiger partial charge in [-0.15, -0.1) is 0 Å². The van der Waals surface area contributed by atoms with Crippen LogP contribution >= 0.6 is 0 Å². The number of fused-ring (bicyclic) bond motifs is 5. The summed E-state index contributed by atoms with van der Waals surface area (Å²) in [7, 11) is 0. The largest absolute Gasteiger partial charge is 0.0654 e. The van der Waals surface area contributed by atoms with Crippen molar-refractivity contribution < 1.29 is 0 Å². The number of unbranched alkanes of at least 4 members (excludes halogenated alkanes) is 3. The minimum absolute atomic E-state index is 1.03. The molecular formula is C43H36. The van der Waals surface area contributed by atoms with E-state index in [4.69, 9.17) is 0 Å². The van der Waals surface area contributed by atoms with Crippen LogP contribution in [0.5, 0.6) is 0 Å². The van der Waals surface area contributed by atoms with Crippen LogP contribution in [0.3, 0.4) is 0 Å². The van der Waals surface area contributed by atoms with Gasteiger partial charge in [-0.05, 0) is 108 Å². The van der Waals surface area contributed by atoms with E-state index in [1.807, 2.05) is 0 Å². The third-order valence-electron chi connectivity index (χ3n) is 9.54. The van der Waals surface area contributed by atoms with Crippen molar-refractivity contribution in [2.24, 2.45) is 0 Å². The van der Waals surface area contributed by atoms with Gasteiger partial charge in [0.25, 0.3) is 0 Å². The monoisotopic (exact) mass is 552 g/mol. The Hall–Kier alpha value is -4.68. The Morgan fingerprint density at radius 1 is 0.488 bits per heavy atom. The summed E-state index contributed by atoms with van der Waals surface area (Å²) in [6.45, 7) is 2.30. The zero-order valence-electron chi connectivity index (χ0n) is 24.9. The third-order valence-corrected chi connectivity index (χ3v) is 9.54. The lowest BCUT2D eigenvalue weighted by Crippen LogP contribution is -1.96. The average Bonchev–Trinajstić information content (AvgIpc) is 3.49. The lowest BCUT2D eigenvalue weighted by molar-refractivity contribution is 0.662. The standard InChI is InChI=1S/C43H36/c1-2-3-4-5-14-29-25-40-38(42-34-19-10-6-15-30(34)27-31-16-7-11-20-35(31)42)23-24-39(41(40)26-29)43-36-21-12-8-17-32(36)28-33-18-9-13-22-37(33)43/h6-13,15-25,27-28H,2-5,14,26H2,1H3. The zero-order chi connectivity index (χ0) is 28.8. The van der Waals surface area contributed by atoms with Crippen molar-refractivity contribution in [2.75, 3.05) is 0 Å². The molecule has 7 aromatic carbocycles. The summed E-state index contributed by atoms with van der Waals surface area (Å²) in [4.78, 5) is 0. The van der Waals surface area contributed by atoms with Crippen molar-refractivity contribution >= 4 is 49.2 Å². The average molecular weight is 553 g/mol. The normalized spacial score (nSPS) is 12.8. The summed E-state index contributed by atoms with van der Waals surface area (Å²) in [5, 5.41) is 10.5. The second-order valence-electron chi connectivity index (χ2n) is 12.2. The number of hydrogen-bond acceptors (Lipinski definition) is 0. The highest BCUT2D eigenvalue weighted by molar-refractivity contribution is 6.16. The van der Waals surface area contributed by atoms with Crippen LogP contribution in [0.15, 0.2) is 127 Å². The van der Waals surface area contributed by atoms with Crippen molar-refractivity contribution in [3.63, 3.8) is 0 Å². The topological polar surface area (TPSA) is 0 Å². The fourth-order valence-electron chi connectivity index (χ4n) is 7.50. The molecule has 0 N–H and O–H groups in total. The number of hydrogen-bond donors (Lipinski definition) is 0. The van der Waals surface area contributed by atoms with Crippen LogP contribution in [-0.2, 0) is 6.42 Å². The molecular weight excluding hydrogens is 516 g/mol. The Labute approximate surface area is 254 Å². The van der Waals surface area contributed by atoms with Gasteiger partial charge in [0.2, 0.25) is 0 Å². The quantitative estimate of drug-likeness (QED) is 0.136. The van der Waals surface area contributed by atoms with Gasteiger partial charge in [-0.1, -0.05) is 147 Å². The van der Waals surface area contributed by atoms with Crippen molar-refractivity contribution in [3.8, 4) is 22.3 Å². The Balaban J connectivity index is 1.42. The maximum Gasteiger partial charge on any atom is -0.00207 e. The molecule has 0 saturated heterocycles. The van der Waals surface area contributed by atoms with Crippen molar-refractivity contribution in [1.29, 1.82) is 0 Å². The fraction of sp³-hybridized carbons (Fsp3) is 0.163. The molecule has 0 heteroatoms. The molecule has 0 amide bonds. The molecule has 0 saturated carbocycles. The first-order chi connectivity index (χ1) is 21.3. The number of benzene rings is 7. The van der Waals surface area contributed by atoms with Gasteiger partial charge in [0.1, 0.15) is 0 Å². The molecule has 43 heavy (non-hydrogen) atoms. The predicted molar refractivity (Wildman–Crippen MR) is 188 cm³/mol. The van der Waals surface area contributed by atoms with Gasteiger partial charge in [-0.3, -0.25) is 0 Å². The molecule has 0 bridgehead atoms. The molecule has 7 aromatic rings. The molecule has 0 aromatic heterocycles. The Kier molecular flexibility index (Phi) is 6.56. The molecule has 0 nitrogen and oxygen atoms in total. The first kappa shape index (κ1) is 26.0. The van der Waals surface area contributed by atoms with Gasteiger partial charge in [0, 0.05) is 0 Å².